The third-order valence-corrected chi connectivity index (χ3v) is 3.19. The Morgan fingerprint density at radius 2 is 2.33 bits per heavy atom. The van der Waals surface area contributed by atoms with Crippen molar-refractivity contribution in [2.45, 2.75) is 26.5 Å². The van der Waals surface area contributed by atoms with Crippen molar-refractivity contribution in [3.63, 3.8) is 0 Å². The maximum Gasteiger partial charge on any atom is 0.232 e. The van der Waals surface area contributed by atoms with E-state index in [1.165, 1.54) is 4.88 Å². The highest BCUT2D eigenvalue weighted by Crippen LogP contribution is 2.12. The van der Waals surface area contributed by atoms with Gasteiger partial charge in [-0.25, -0.2) is 4.98 Å². The first kappa shape index (κ1) is 13.0. The smallest absolute Gasteiger partial charge is 0.232 e. The molecule has 4 nitrogen and oxygen atoms in total. The molecule has 5 heteroatoms. The predicted molar refractivity (Wildman–Crippen MR) is 72.7 cm³/mol. The molecule has 0 atom stereocenters. The third kappa shape index (κ3) is 4.09. The standard InChI is InChI=1S/C13H17N3OS/c1-2-5-14-7-11-8-15-9-13(16-11)17-10-12-4-3-6-18-12/h3-4,6,8-9,14H,2,5,7,10H2,1H3. The van der Waals surface area contributed by atoms with E-state index in [1.54, 1.807) is 23.7 Å². The number of aromatic nitrogens is 2. The third-order valence-electron chi connectivity index (χ3n) is 2.34. The van der Waals surface area contributed by atoms with Gasteiger partial charge in [0.15, 0.2) is 0 Å². The molecule has 0 aromatic carbocycles. The Morgan fingerprint density at radius 1 is 1.39 bits per heavy atom. The first-order valence-electron chi connectivity index (χ1n) is 6.05. The van der Waals surface area contributed by atoms with Crippen molar-refractivity contribution in [2.75, 3.05) is 6.54 Å². The molecule has 0 radical (unpaired) electrons. The van der Waals surface area contributed by atoms with Crippen LogP contribution in [-0.2, 0) is 13.2 Å². The molecule has 18 heavy (non-hydrogen) atoms. The van der Waals surface area contributed by atoms with Crippen molar-refractivity contribution in [3.8, 4) is 5.88 Å². The number of hydrogen-bond donors (Lipinski definition) is 1. The summed E-state index contributed by atoms with van der Waals surface area (Å²) < 4.78 is 5.61. The molecule has 2 aromatic rings. The van der Waals surface area contributed by atoms with Gasteiger partial charge in [0.05, 0.1) is 11.9 Å². The van der Waals surface area contributed by atoms with E-state index in [9.17, 15) is 0 Å². The van der Waals surface area contributed by atoms with Gasteiger partial charge in [0.25, 0.3) is 0 Å². The van der Waals surface area contributed by atoms with Crippen LogP contribution in [0.1, 0.15) is 23.9 Å². The van der Waals surface area contributed by atoms with Gasteiger partial charge in [-0.1, -0.05) is 13.0 Å². The van der Waals surface area contributed by atoms with E-state index >= 15 is 0 Å². The maximum atomic E-state index is 5.61. The fraction of sp³-hybridized carbons (Fsp3) is 0.385. The van der Waals surface area contributed by atoms with E-state index in [-0.39, 0.29) is 0 Å². The number of nitrogens with one attached hydrogen (secondary N) is 1. The van der Waals surface area contributed by atoms with E-state index in [1.807, 2.05) is 17.5 Å². The molecule has 0 aliphatic carbocycles. The highest BCUT2D eigenvalue weighted by Gasteiger charge is 2.01. The number of nitrogens with zero attached hydrogens (tertiary/aromatic N) is 2. The minimum Gasteiger partial charge on any atom is -0.471 e. The molecular formula is C13H17N3OS. The minimum atomic E-state index is 0.554. The molecule has 1 N–H and O–H groups in total. The van der Waals surface area contributed by atoms with Crippen LogP contribution in [0, 0.1) is 0 Å². The van der Waals surface area contributed by atoms with E-state index in [0.29, 0.717) is 12.5 Å². The number of ether oxygens (including phenoxy) is 1. The lowest BCUT2D eigenvalue weighted by Crippen LogP contribution is -2.15. The van der Waals surface area contributed by atoms with Gasteiger partial charge in [-0.3, -0.25) is 4.98 Å². The van der Waals surface area contributed by atoms with Crippen molar-refractivity contribution < 1.29 is 4.74 Å². The molecule has 0 amide bonds. The van der Waals surface area contributed by atoms with Gasteiger partial charge < -0.3 is 10.1 Å². The average Bonchev–Trinajstić information content (AvgIpc) is 2.90. The Hall–Kier alpha value is -1.46. The summed E-state index contributed by atoms with van der Waals surface area (Å²) in [4.78, 5) is 9.73. The molecule has 0 saturated heterocycles. The lowest BCUT2D eigenvalue weighted by atomic mass is 10.4. The van der Waals surface area contributed by atoms with Crippen molar-refractivity contribution in [1.29, 1.82) is 0 Å². The summed E-state index contributed by atoms with van der Waals surface area (Å²) in [5, 5.41) is 5.33. The van der Waals surface area contributed by atoms with Crippen LogP contribution in [0.15, 0.2) is 29.9 Å². The Labute approximate surface area is 111 Å². The fourth-order valence-corrected chi connectivity index (χ4v) is 2.09. The Balaban J connectivity index is 1.86. The van der Waals surface area contributed by atoms with Crippen LogP contribution in [-0.4, -0.2) is 16.5 Å². The molecule has 0 fully saturated rings. The zero-order valence-corrected chi connectivity index (χ0v) is 11.2. The van der Waals surface area contributed by atoms with Crippen molar-refractivity contribution in [1.82, 2.24) is 15.3 Å². The van der Waals surface area contributed by atoms with Crippen LogP contribution in [0.2, 0.25) is 0 Å². The molecule has 0 saturated carbocycles. The van der Waals surface area contributed by atoms with Crippen molar-refractivity contribution in [3.05, 3.63) is 40.5 Å². The van der Waals surface area contributed by atoms with Gasteiger partial charge in [0.2, 0.25) is 5.88 Å². The first-order chi connectivity index (χ1) is 8.88. The lowest BCUT2D eigenvalue weighted by Gasteiger charge is -2.06. The van der Waals surface area contributed by atoms with E-state index < -0.39 is 0 Å². The van der Waals surface area contributed by atoms with E-state index in [4.69, 9.17) is 4.74 Å². The van der Waals surface area contributed by atoms with Gasteiger partial charge in [0.1, 0.15) is 6.61 Å². The van der Waals surface area contributed by atoms with E-state index in [2.05, 4.69) is 22.2 Å². The van der Waals surface area contributed by atoms with Gasteiger partial charge in [0, 0.05) is 17.6 Å². The first-order valence-corrected chi connectivity index (χ1v) is 6.93. The predicted octanol–water partition coefficient (Wildman–Crippen LogP) is 2.62. The molecule has 2 aromatic heterocycles. The number of hydrogen-bond acceptors (Lipinski definition) is 5. The molecular weight excluding hydrogens is 246 g/mol. The molecule has 0 bridgehead atoms. The Morgan fingerprint density at radius 3 is 3.11 bits per heavy atom. The summed E-state index contributed by atoms with van der Waals surface area (Å²) in [6, 6.07) is 4.06. The zero-order chi connectivity index (χ0) is 12.6. The number of thiophene rings is 1. The lowest BCUT2D eigenvalue weighted by molar-refractivity contribution is 0.294. The van der Waals surface area contributed by atoms with E-state index in [0.717, 1.165) is 25.2 Å². The molecule has 0 spiro atoms. The maximum absolute atomic E-state index is 5.61. The van der Waals surface area contributed by atoms with Crippen LogP contribution in [0.4, 0.5) is 0 Å². The van der Waals surface area contributed by atoms with Crippen LogP contribution in [0.3, 0.4) is 0 Å². The molecule has 2 rings (SSSR count). The summed E-state index contributed by atoms with van der Waals surface area (Å²) >= 11 is 1.68. The zero-order valence-electron chi connectivity index (χ0n) is 10.4. The minimum absolute atomic E-state index is 0.554. The Kier molecular flexibility index (Phi) is 5.11. The monoisotopic (exact) mass is 263 g/mol. The fourth-order valence-electron chi connectivity index (χ4n) is 1.47. The quantitative estimate of drug-likeness (QED) is 0.780. The molecule has 0 aliphatic rings. The summed E-state index contributed by atoms with van der Waals surface area (Å²) in [5.74, 6) is 0.583. The highest BCUT2D eigenvalue weighted by molar-refractivity contribution is 7.09. The average molecular weight is 263 g/mol. The van der Waals surface area contributed by atoms with Gasteiger partial charge >= 0.3 is 0 Å². The largest absolute Gasteiger partial charge is 0.471 e. The number of rotatable bonds is 7. The summed E-state index contributed by atoms with van der Waals surface area (Å²) in [7, 11) is 0. The van der Waals surface area contributed by atoms with Gasteiger partial charge in [-0.2, -0.15) is 0 Å². The van der Waals surface area contributed by atoms with Gasteiger partial charge in [-0.15, -0.1) is 11.3 Å². The molecule has 0 unspecified atom stereocenters. The second kappa shape index (κ2) is 7.08. The topological polar surface area (TPSA) is 47.0 Å². The summed E-state index contributed by atoms with van der Waals surface area (Å²) in [6.45, 7) is 4.41. The van der Waals surface area contributed by atoms with Gasteiger partial charge in [-0.05, 0) is 24.4 Å². The second-order valence-corrected chi connectivity index (χ2v) is 4.93. The van der Waals surface area contributed by atoms with Crippen LogP contribution in [0.25, 0.3) is 0 Å². The van der Waals surface area contributed by atoms with Crippen molar-refractivity contribution in [2.24, 2.45) is 0 Å². The Bertz CT molecular complexity index is 459. The van der Waals surface area contributed by atoms with Crippen LogP contribution < -0.4 is 10.1 Å². The normalized spacial score (nSPS) is 10.5. The molecule has 2 heterocycles. The summed E-state index contributed by atoms with van der Waals surface area (Å²) in [6.07, 6.45) is 4.53. The summed E-state index contributed by atoms with van der Waals surface area (Å²) in [5.41, 5.74) is 0.909. The molecule has 96 valence electrons. The SMILES string of the molecule is CCCNCc1cncc(OCc2cccs2)n1. The molecule has 0 aliphatic heterocycles. The van der Waals surface area contributed by atoms with Crippen LogP contribution in [0.5, 0.6) is 5.88 Å². The van der Waals surface area contributed by atoms with Crippen LogP contribution >= 0.6 is 11.3 Å². The second-order valence-electron chi connectivity index (χ2n) is 3.89. The van der Waals surface area contributed by atoms with Crippen molar-refractivity contribution >= 4 is 11.3 Å². The highest BCUT2D eigenvalue weighted by atomic mass is 32.1.